The first-order chi connectivity index (χ1) is 6.61. The summed E-state index contributed by atoms with van der Waals surface area (Å²) in [6.45, 7) is 0. The van der Waals surface area contributed by atoms with E-state index in [1.165, 1.54) is 5.01 Å². The van der Waals surface area contributed by atoms with Gasteiger partial charge in [-0.25, -0.2) is 0 Å². The van der Waals surface area contributed by atoms with Crippen LogP contribution < -0.4 is 5.43 Å². The van der Waals surface area contributed by atoms with E-state index < -0.39 is 0 Å². The molecule has 0 radical (unpaired) electrons. The molecule has 3 nitrogen and oxygen atoms in total. The second kappa shape index (κ2) is 4.97. The van der Waals surface area contributed by atoms with Gasteiger partial charge in [-0.3, -0.25) is 15.2 Å². The fraction of sp³-hybridized carbons (Fsp3) is 0.111. The quantitative estimate of drug-likeness (QED) is 0.432. The SMILES string of the molecule is CN(NC(=S)S)C(=O)c1ccccc1. The van der Waals surface area contributed by atoms with Crippen LogP contribution in [0.3, 0.4) is 0 Å². The lowest BCUT2D eigenvalue weighted by atomic mass is 10.2. The maximum Gasteiger partial charge on any atom is 0.271 e. The number of thiocarbonyl (C=S) groups is 1. The second-order valence-electron chi connectivity index (χ2n) is 2.65. The van der Waals surface area contributed by atoms with Crippen LogP contribution in [-0.4, -0.2) is 22.3 Å². The van der Waals surface area contributed by atoms with E-state index in [0.717, 1.165) is 0 Å². The lowest BCUT2D eigenvalue weighted by Gasteiger charge is -2.17. The van der Waals surface area contributed by atoms with Gasteiger partial charge < -0.3 is 0 Å². The third kappa shape index (κ3) is 3.01. The number of hydrogen-bond donors (Lipinski definition) is 2. The molecule has 0 aromatic heterocycles. The van der Waals surface area contributed by atoms with E-state index in [1.807, 2.05) is 6.07 Å². The molecule has 0 fully saturated rings. The summed E-state index contributed by atoms with van der Waals surface area (Å²) in [5, 5.41) is 1.30. The van der Waals surface area contributed by atoms with Gasteiger partial charge in [0.25, 0.3) is 5.91 Å². The van der Waals surface area contributed by atoms with Gasteiger partial charge in [0.2, 0.25) is 0 Å². The molecule has 0 saturated heterocycles. The molecule has 0 spiro atoms. The highest BCUT2D eigenvalue weighted by atomic mass is 32.1. The van der Waals surface area contributed by atoms with Gasteiger partial charge >= 0.3 is 0 Å². The van der Waals surface area contributed by atoms with Crippen molar-refractivity contribution in [1.82, 2.24) is 10.4 Å². The van der Waals surface area contributed by atoms with Crippen molar-refractivity contribution in [1.29, 1.82) is 0 Å². The molecule has 0 saturated carbocycles. The summed E-state index contributed by atoms with van der Waals surface area (Å²) in [4.78, 5) is 11.6. The van der Waals surface area contributed by atoms with E-state index >= 15 is 0 Å². The molecule has 14 heavy (non-hydrogen) atoms. The Balaban J connectivity index is 2.71. The first-order valence-electron chi connectivity index (χ1n) is 3.94. The lowest BCUT2D eigenvalue weighted by molar-refractivity contribution is 0.0761. The summed E-state index contributed by atoms with van der Waals surface area (Å²) in [7, 11) is 1.60. The van der Waals surface area contributed by atoms with E-state index in [1.54, 1.807) is 31.3 Å². The Hall–Kier alpha value is -1.07. The van der Waals surface area contributed by atoms with Crippen LogP contribution in [0.4, 0.5) is 0 Å². The summed E-state index contributed by atoms with van der Waals surface area (Å²) in [6, 6.07) is 8.94. The van der Waals surface area contributed by atoms with Gasteiger partial charge in [0.1, 0.15) is 4.32 Å². The Morgan fingerprint density at radius 3 is 2.50 bits per heavy atom. The monoisotopic (exact) mass is 226 g/mol. The lowest BCUT2D eigenvalue weighted by Crippen LogP contribution is -2.40. The Labute approximate surface area is 93.5 Å². The summed E-state index contributed by atoms with van der Waals surface area (Å²) < 4.78 is 0.261. The van der Waals surface area contributed by atoms with Crippen LogP contribution in [0.5, 0.6) is 0 Å². The van der Waals surface area contributed by atoms with Crippen molar-refractivity contribution in [2.45, 2.75) is 0 Å². The highest BCUT2D eigenvalue weighted by Gasteiger charge is 2.10. The van der Waals surface area contributed by atoms with Crippen LogP contribution in [0.1, 0.15) is 10.4 Å². The largest absolute Gasteiger partial charge is 0.280 e. The number of amides is 1. The zero-order chi connectivity index (χ0) is 10.6. The minimum Gasteiger partial charge on any atom is -0.280 e. The molecule has 0 atom stereocenters. The van der Waals surface area contributed by atoms with E-state index in [0.29, 0.717) is 5.56 Å². The molecule has 1 amide bonds. The Kier molecular flexibility index (Phi) is 3.91. The minimum atomic E-state index is -0.151. The predicted molar refractivity (Wildman–Crippen MR) is 63.3 cm³/mol. The zero-order valence-corrected chi connectivity index (χ0v) is 9.31. The van der Waals surface area contributed by atoms with Crippen LogP contribution in [0, 0.1) is 0 Å². The number of hydrogen-bond acceptors (Lipinski definition) is 2. The van der Waals surface area contributed by atoms with Gasteiger partial charge in [0, 0.05) is 12.6 Å². The van der Waals surface area contributed by atoms with Gasteiger partial charge in [-0.05, 0) is 12.1 Å². The number of hydrazine groups is 1. The average molecular weight is 226 g/mol. The molecule has 0 unspecified atom stereocenters. The molecule has 1 aromatic carbocycles. The Bertz CT molecular complexity index is 340. The van der Waals surface area contributed by atoms with Crippen molar-refractivity contribution in [2.75, 3.05) is 7.05 Å². The van der Waals surface area contributed by atoms with Crippen LogP contribution in [-0.2, 0) is 0 Å². The molecule has 0 aliphatic rings. The fourth-order valence-corrected chi connectivity index (χ4v) is 1.26. The highest BCUT2D eigenvalue weighted by Crippen LogP contribution is 2.01. The van der Waals surface area contributed by atoms with Crippen molar-refractivity contribution in [3.05, 3.63) is 35.9 Å². The number of thiol groups is 1. The number of rotatable bonds is 1. The van der Waals surface area contributed by atoms with E-state index in [9.17, 15) is 4.79 Å². The molecule has 5 heteroatoms. The molecule has 1 N–H and O–H groups in total. The van der Waals surface area contributed by atoms with Crippen LogP contribution >= 0.6 is 24.8 Å². The highest BCUT2D eigenvalue weighted by molar-refractivity contribution is 8.11. The molecule has 0 aliphatic carbocycles. The smallest absolute Gasteiger partial charge is 0.271 e. The first-order valence-corrected chi connectivity index (χ1v) is 4.79. The molecule has 0 heterocycles. The average Bonchev–Trinajstić information content (AvgIpc) is 2.17. The number of carbonyl (C=O) groups excluding carboxylic acids is 1. The molecular weight excluding hydrogens is 216 g/mol. The van der Waals surface area contributed by atoms with Crippen LogP contribution in [0.15, 0.2) is 30.3 Å². The molecular formula is C9H10N2OS2. The van der Waals surface area contributed by atoms with Gasteiger partial charge in [-0.1, -0.05) is 30.4 Å². The van der Waals surface area contributed by atoms with Crippen molar-refractivity contribution in [3.8, 4) is 0 Å². The van der Waals surface area contributed by atoms with Crippen molar-refractivity contribution < 1.29 is 4.79 Å². The molecule has 74 valence electrons. The predicted octanol–water partition coefficient (Wildman–Crippen LogP) is 1.48. The summed E-state index contributed by atoms with van der Waals surface area (Å²) in [5.41, 5.74) is 3.22. The third-order valence-corrected chi connectivity index (χ3v) is 1.78. The maximum absolute atomic E-state index is 11.6. The van der Waals surface area contributed by atoms with Gasteiger partial charge in [0.05, 0.1) is 0 Å². The zero-order valence-electron chi connectivity index (χ0n) is 7.60. The van der Waals surface area contributed by atoms with Gasteiger partial charge in [-0.2, -0.15) is 0 Å². The van der Waals surface area contributed by atoms with Crippen LogP contribution in [0.2, 0.25) is 0 Å². The molecule has 1 aromatic rings. The first kappa shape index (κ1) is 11.0. The fourth-order valence-electron chi connectivity index (χ4n) is 0.969. The van der Waals surface area contributed by atoms with E-state index in [4.69, 9.17) is 12.2 Å². The molecule has 0 bridgehead atoms. The number of nitrogens with one attached hydrogen (secondary N) is 1. The van der Waals surface area contributed by atoms with Gasteiger partial charge in [-0.15, -0.1) is 12.6 Å². The van der Waals surface area contributed by atoms with Crippen molar-refractivity contribution in [3.63, 3.8) is 0 Å². The third-order valence-electron chi connectivity index (χ3n) is 1.59. The maximum atomic E-state index is 11.6. The number of benzene rings is 1. The van der Waals surface area contributed by atoms with Crippen molar-refractivity contribution in [2.24, 2.45) is 0 Å². The summed E-state index contributed by atoms with van der Waals surface area (Å²) in [5.74, 6) is -0.151. The minimum absolute atomic E-state index is 0.151. The standard InChI is InChI=1S/C9H10N2OS2/c1-11(10-9(13)14)8(12)7-5-3-2-4-6-7/h2-6H,1H3,(H2,10,13,14). The summed E-state index contributed by atoms with van der Waals surface area (Å²) in [6.07, 6.45) is 0. The molecule has 1 rings (SSSR count). The second-order valence-corrected chi connectivity index (χ2v) is 3.81. The number of carbonyl (C=O) groups is 1. The molecule has 0 aliphatic heterocycles. The van der Waals surface area contributed by atoms with Crippen molar-refractivity contribution >= 4 is 35.1 Å². The summed E-state index contributed by atoms with van der Waals surface area (Å²) >= 11 is 8.57. The Morgan fingerprint density at radius 2 is 2.00 bits per heavy atom. The van der Waals surface area contributed by atoms with E-state index in [-0.39, 0.29) is 10.2 Å². The topological polar surface area (TPSA) is 32.3 Å². The normalized spacial score (nSPS) is 9.29. The van der Waals surface area contributed by atoms with Gasteiger partial charge in [0.15, 0.2) is 0 Å². The Morgan fingerprint density at radius 1 is 1.43 bits per heavy atom. The van der Waals surface area contributed by atoms with E-state index in [2.05, 4.69) is 18.1 Å². The van der Waals surface area contributed by atoms with Crippen LogP contribution in [0.25, 0.3) is 0 Å². The number of nitrogens with zero attached hydrogens (tertiary/aromatic N) is 1.